The van der Waals surface area contributed by atoms with Crippen LogP contribution in [0.5, 0.6) is 0 Å². The van der Waals surface area contributed by atoms with E-state index in [1.807, 2.05) is 48.5 Å². The molecular weight excluding hydrogens is 398 g/mol. The quantitative estimate of drug-likeness (QED) is 0.680. The molecular formula is C23H24ClN5O. The Bertz CT molecular complexity index is 999. The lowest BCUT2D eigenvalue weighted by molar-refractivity contribution is -0.115. The molecule has 1 amide bonds. The van der Waals surface area contributed by atoms with Gasteiger partial charge < -0.3 is 15.1 Å². The summed E-state index contributed by atoms with van der Waals surface area (Å²) in [6.07, 6.45) is 0.293. The van der Waals surface area contributed by atoms with Crippen molar-refractivity contribution >= 4 is 29.0 Å². The van der Waals surface area contributed by atoms with Crippen molar-refractivity contribution in [3.8, 4) is 11.3 Å². The number of nitrogens with zero attached hydrogens (tertiary/aromatic N) is 4. The average Bonchev–Trinajstić information content (AvgIpc) is 2.76. The number of nitrogens with one attached hydrogen (secondary N) is 1. The summed E-state index contributed by atoms with van der Waals surface area (Å²) in [6, 6.07) is 18.9. The lowest BCUT2D eigenvalue weighted by atomic mass is 10.1. The molecule has 2 aromatic carbocycles. The van der Waals surface area contributed by atoms with Crippen LogP contribution >= 0.6 is 11.6 Å². The highest BCUT2D eigenvalue weighted by atomic mass is 35.5. The molecule has 1 saturated heterocycles. The third-order valence-electron chi connectivity index (χ3n) is 5.20. The Morgan fingerprint density at radius 1 is 1.00 bits per heavy atom. The number of hydrogen-bond acceptors (Lipinski definition) is 5. The fourth-order valence-corrected chi connectivity index (χ4v) is 3.56. The second-order valence-corrected chi connectivity index (χ2v) is 7.94. The van der Waals surface area contributed by atoms with E-state index in [-0.39, 0.29) is 5.91 Å². The Labute approximate surface area is 181 Å². The van der Waals surface area contributed by atoms with Crippen LogP contribution in [0.1, 0.15) is 5.56 Å². The molecule has 2 heterocycles. The largest absolute Gasteiger partial charge is 0.353 e. The van der Waals surface area contributed by atoms with Crippen LogP contribution in [0.4, 0.5) is 11.5 Å². The molecule has 30 heavy (non-hydrogen) atoms. The summed E-state index contributed by atoms with van der Waals surface area (Å²) in [7, 11) is 2.13. The van der Waals surface area contributed by atoms with E-state index in [2.05, 4.69) is 32.4 Å². The van der Waals surface area contributed by atoms with E-state index < -0.39 is 0 Å². The maximum absolute atomic E-state index is 12.4. The standard InChI is InChI=1S/C23H24ClN5O/c1-28-11-13-29(14-12-28)22-10-9-21(26-27-22)18-3-2-4-20(16-18)25-23(30)15-17-5-7-19(24)8-6-17/h2-10,16H,11-15H2,1H3,(H,25,30). The first-order chi connectivity index (χ1) is 14.6. The van der Waals surface area contributed by atoms with E-state index in [0.717, 1.165) is 54.5 Å². The van der Waals surface area contributed by atoms with Gasteiger partial charge in [-0.3, -0.25) is 4.79 Å². The number of piperazine rings is 1. The predicted octanol–water partition coefficient (Wildman–Crippen LogP) is 3.73. The van der Waals surface area contributed by atoms with E-state index in [9.17, 15) is 4.79 Å². The molecule has 0 bridgehead atoms. The monoisotopic (exact) mass is 421 g/mol. The third kappa shape index (κ3) is 5.14. The molecule has 0 aliphatic carbocycles. The summed E-state index contributed by atoms with van der Waals surface area (Å²) < 4.78 is 0. The molecule has 7 heteroatoms. The number of amides is 1. The molecule has 1 aromatic heterocycles. The molecule has 1 fully saturated rings. The molecule has 0 unspecified atom stereocenters. The van der Waals surface area contributed by atoms with Crippen molar-refractivity contribution in [2.75, 3.05) is 43.4 Å². The van der Waals surface area contributed by atoms with Gasteiger partial charge in [0.2, 0.25) is 5.91 Å². The second-order valence-electron chi connectivity index (χ2n) is 7.50. The maximum Gasteiger partial charge on any atom is 0.228 e. The maximum atomic E-state index is 12.4. The summed E-state index contributed by atoms with van der Waals surface area (Å²) in [5.41, 5.74) is 3.34. The minimum absolute atomic E-state index is 0.0778. The average molecular weight is 422 g/mol. The van der Waals surface area contributed by atoms with Gasteiger partial charge in [0.05, 0.1) is 12.1 Å². The predicted molar refractivity (Wildman–Crippen MR) is 121 cm³/mol. The first-order valence-corrected chi connectivity index (χ1v) is 10.4. The van der Waals surface area contributed by atoms with Crippen molar-refractivity contribution in [3.05, 3.63) is 71.2 Å². The van der Waals surface area contributed by atoms with Crippen molar-refractivity contribution in [1.82, 2.24) is 15.1 Å². The van der Waals surface area contributed by atoms with Crippen LogP contribution < -0.4 is 10.2 Å². The fourth-order valence-electron chi connectivity index (χ4n) is 3.43. The molecule has 0 radical (unpaired) electrons. The van der Waals surface area contributed by atoms with Crippen molar-refractivity contribution in [2.45, 2.75) is 6.42 Å². The van der Waals surface area contributed by atoms with Gasteiger partial charge in [-0.2, -0.15) is 0 Å². The van der Waals surface area contributed by atoms with E-state index >= 15 is 0 Å². The number of rotatable bonds is 5. The van der Waals surface area contributed by atoms with Crippen LogP contribution in [0.3, 0.4) is 0 Å². The topological polar surface area (TPSA) is 61.4 Å². The summed E-state index contributed by atoms with van der Waals surface area (Å²) in [5.74, 6) is 0.824. The number of anilines is 2. The first kappa shape index (κ1) is 20.3. The van der Waals surface area contributed by atoms with Crippen molar-refractivity contribution in [1.29, 1.82) is 0 Å². The lowest BCUT2D eigenvalue weighted by Gasteiger charge is -2.32. The van der Waals surface area contributed by atoms with Crippen LogP contribution in [0.25, 0.3) is 11.3 Å². The van der Waals surface area contributed by atoms with Gasteiger partial charge in [0, 0.05) is 42.5 Å². The van der Waals surface area contributed by atoms with Gasteiger partial charge in [0.15, 0.2) is 5.82 Å². The Morgan fingerprint density at radius 2 is 1.77 bits per heavy atom. The van der Waals surface area contributed by atoms with Crippen molar-refractivity contribution in [2.24, 2.45) is 0 Å². The SMILES string of the molecule is CN1CCN(c2ccc(-c3cccc(NC(=O)Cc4ccc(Cl)cc4)c3)nn2)CC1. The van der Waals surface area contributed by atoms with Gasteiger partial charge in [0.25, 0.3) is 0 Å². The number of carbonyl (C=O) groups excluding carboxylic acids is 1. The van der Waals surface area contributed by atoms with Crippen LogP contribution in [-0.4, -0.2) is 54.2 Å². The van der Waals surface area contributed by atoms with E-state index in [1.54, 1.807) is 12.1 Å². The summed E-state index contributed by atoms with van der Waals surface area (Å²) in [5, 5.41) is 12.4. The molecule has 0 saturated carbocycles. The molecule has 1 aliphatic rings. The van der Waals surface area contributed by atoms with Gasteiger partial charge >= 0.3 is 0 Å². The smallest absolute Gasteiger partial charge is 0.228 e. The molecule has 6 nitrogen and oxygen atoms in total. The van der Waals surface area contributed by atoms with E-state index in [0.29, 0.717) is 11.4 Å². The number of halogens is 1. The molecule has 154 valence electrons. The van der Waals surface area contributed by atoms with Crippen molar-refractivity contribution < 1.29 is 4.79 Å². The lowest BCUT2D eigenvalue weighted by Crippen LogP contribution is -2.44. The number of benzene rings is 2. The summed E-state index contributed by atoms with van der Waals surface area (Å²) in [6.45, 7) is 3.97. The van der Waals surface area contributed by atoms with E-state index in [1.165, 1.54) is 0 Å². The molecule has 0 atom stereocenters. The third-order valence-corrected chi connectivity index (χ3v) is 5.45. The molecule has 1 aliphatic heterocycles. The number of carbonyl (C=O) groups is 1. The summed E-state index contributed by atoms with van der Waals surface area (Å²) >= 11 is 5.90. The van der Waals surface area contributed by atoms with Crippen LogP contribution in [0.15, 0.2) is 60.7 Å². The molecule has 0 spiro atoms. The van der Waals surface area contributed by atoms with E-state index in [4.69, 9.17) is 11.6 Å². The Hall–Kier alpha value is -2.96. The van der Waals surface area contributed by atoms with Gasteiger partial charge in [-0.15, -0.1) is 10.2 Å². The van der Waals surface area contributed by atoms with Crippen LogP contribution in [0, 0.1) is 0 Å². The Morgan fingerprint density at radius 3 is 2.47 bits per heavy atom. The zero-order valence-corrected chi connectivity index (χ0v) is 17.6. The highest BCUT2D eigenvalue weighted by Gasteiger charge is 2.15. The number of aromatic nitrogens is 2. The zero-order valence-electron chi connectivity index (χ0n) is 16.9. The van der Waals surface area contributed by atoms with Gasteiger partial charge in [-0.25, -0.2) is 0 Å². The first-order valence-electron chi connectivity index (χ1n) is 9.99. The minimum Gasteiger partial charge on any atom is -0.353 e. The molecule has 3 aromatic rings. The van der Waals surface area contributed by atoms with Crippen LogP contribution in [0.2, 0.25) is 5.02 Å². The van der Waals surface area contributed by atoms with Gasteiger partial charge in [-0.05, 0) is 49.0 Å². The fraction of sp³-hybridized carbons (Fsp3) is 0.261. The zero-order chi connectivity index (χ0) is 20.9. The molecule has 4 rings (SSSR count). The van der Waals surface area contributed by atoms with Crippen LogP contribution in [-0.2, 0) is 11.2 Å². The minimum atomic E-state index is -0.0778. The summed E-state index contributed by atoms with van der Waals surface area (Å²) in [4.78, 5) is 16.9. The second kappa shape index (κ2) is 9.24. The Balaban J connectivity index is 1.41. The highest BCUT2D eigenvalue weighted by Crippen LogP contribution is 2.22. The Kier molecular flexibility index (Phi) is 6.26. The highest BCUT2D eigenvalue weighted by molar-refractivity contribution is 6.30. The van der Waals surface area contributed by atoms with Crippen molar-refractivity contribution in [3.63, 3.8) is 0 Å². The number of hydrogen-bond donors (Lipinski definition) is 1. The van der Waals surface area contributed by atoms with Gasteiger partial charge in [-0.1, -0.05) is 35.9 Å². The number of likely N-dealkylation sites (N-methyl/N-ethyl adjacent to an activating group) is 1. The van der Waals surface area contributed by atoms with Gasteiger partial charge in [0.1, 0.15) is 0 Å². The normalized spacial score (nSPS) is 14.5. The molecule has 1 N–H and O–H groups in total.